The van der Waals surface area contributed by atoms with E-state index in [-0.39, 0.29) is 20.6 Å². The van der Waals surface area contributed by atoms with E-state index in [1.807, 2.05) is 35.9 Å². The van der Waals surface area contributed by atoms with Crippen LogP contribution in [0.15, 0.2) is 71.9 Å². The Balaban J connectivity index is 1.83. The van der Waals surface area contributed by atoms with Crippen molar-refractivity contribution >= 4 is 55.8 Å². The second-order valence-corrected chi connectivity index (χ2v) is 9.82. The fourth-order valence-electron chi connectivity index (χ4n) is 3.44. The topological polar surface area (TPSA) is 92.5 Å². The summed E-state index contributed by atoms with van der Waals surface area (Å²) in [5, 5.41) is 10.4. The van der Waals surface area contributed by atoms with Gasteiger partial charge in [0.15, 0.2) is 0 Å². The first-order valence-corrected chi connectivity index (χ1v) is 11.6. The minimum Gasteiger partial charge on any atom is -0.480 e. The Morgan fingerprint density at radius 1 is 1.09 bits per heavy atom. The number of halogens is 2. The molecule has 2 aromatic carbocycles. The molecule has 0 fully saturated rings. The Kier molecular flexibility index (Phi) is 5.85. The SMILES string of the molecule is Cc1cccnc1-n1ccc2cc(N(CC(=O)O)S(=O)(=O)c3cc(Cl)cc(Cl)c3)ccc21. The van der Waals surface area contributed by atoms with Crippen LogP contribution in [0.4, 0.5) is 5.69 Å². The van der Waals surface area contributed by atoms with E-state index in [1.54, 1.807) is 24.4 Å². The number of benzene rings is 2. The number of pyridine rings is 1. The number of aryl methyl sites for hydroxylation is 1. The van der Waals surface area contributed by atoms with Crippen molar-refractivity contribution in [3.05, 3.63) is 82.6 Å². The van der Waals surface area contributed by atoms with Crippen molar-refractivity contribution in [3.8, 4) is 5.82 Å². The molecule has 4 rings (SSSR count). The van der Waals surface area contributed by atoms with Crippen LogP contribution in [0, 0.1) is 6.92 Å². The molecule has 0 aliphatic carbocycles. The molecule has 0 spiro atoms. The van der Waals surface area contributed by atoms with Crippen LogP contribution < -0.4 is 4.31 Å². The highest BCUT2D eigenvalue weighted by atomic mass is 35.5. The molecule has 4 aromatic rings. The van der Waals surface area contributed by atoms with E-state index in [9.17, 15) is 18.3 Å². The molecule has 2 heterocycles. The number of carboxylic acids is 1. The monoisotopic (exact) mass is 489 g/mol. The molecule has 32 heavy (non-hydrogen) atoms. The standard InChI is InChI=1S/C22H17Cl2N3O4S/c1-14-3-2-7-25-22(14)26-8-6-15-9-18(4-5-20(15)26)27(13-21(28)29)32(30,31)19-11-16(23)10-17(24)12-19/h2-12H,13H2,1H3,(H,28,29). The van der Waals surface area contributed by atoms with Crippen molar-refractivity contribution in [2.24, 2.45) is 0 Å². The molecule has 0 amide bonds. The largest absolute Gasteiger partial charge is 0.480 e. The van der Waals surface area contributed by atoms with Crippen LogP contribution in [0.25, 0.3) is 16.7 Å². The number of aliphatic carboxylic acids is 1. The van der Waals surface area contributed by atoms with E-state index in [0.717, 1.165) is 26.6 Å². The minimum atomic E-state index is -4.25. The predicted molar refractivity (Wildman–Crippen MR) is 124 cm³/mol. The molecule has 2 aromatic heterocycles. The average molecular weight is 490 g/mol. The van der Waals surface area contributed by atoms with Crippen molar-refractivity contribution in [1.82, 2.24) is 9.55 Å². The van der Waals surface area contributed by atoms with Gasteiger partial charge in [-0.25, -0.2) is 13.4 Å². The lowest BCUT2D eigenvalue weighted by Crippen LogP contribution is -2.35. The van der Waals surface area contributed by atoms with Crippen molar-refractivity contribution < 1.29 is 18.3 Å². The zero-order valence-electron chi connectivity index (χ0n) is 16.7. The van der Waals surface area contributed by atoms with Crippen LogP contribution in [0.3, 0.4) is 0 Å². The summed E-state index contributed by atoms with van der Waals surface area (Å²) in [4.78, 5) is 15.7. The Hall–Kier alpha value is -3.07. The van der Waals surface area contributed by atoms with E-state index in [1.165, 1.54) is 18.2 Å². The van der Waals surface area contributed by atoms with Gasteiger partial charge < -0.3 is 9.67 Å². The number of nitrogens with zero attached hydrogens (tertiary/aromatic N) is 3. The van der Waals surface area contributed by atoms with Gasteiger partial charge in [-0.15, -0.1) is 0 Å². The summed E-state index contributed by atoms with van der Waals surface area (Å²) < 4.78 is 29.3. The van der Waals surface area contributed by atoms with Crippen molar-refractivity contribution in [3.63, 3.8) is 0 Å². The molecule has 1 N–H and O–H groups in total. The molecule has 0 radical (unpaired) electrons. The lowest BCUT2D eigenvalue weighted by molar-refractivity contribution is -0.135. The maximum Gasteiger partial charge on any atom is 0.324 e. The summed E-state index contributed by atoms with van der Waals surface area (Å²) in [6, 6.07) is 14.4. The third-order valence-electron chi connectivity index (χ3n) is 4.87. The van der Waals surface area contributed by atoms with Crippen LogP contribution in [-0.2, 0) is 14.8 Å². The molecular formula is C22H17Cl2N3O4S. The summed E-state index contributed by atoms with van der Waals surface area (Å²) in [6.07, 6.45) is 3.52. The highest BCUT2D eigenvalue weighted by Gasteiger charge is 2.28. The van der Waals surface area contributed by atoms with Gasteiger partial charge in [-0.05, 0) is 61.0 Å². The second kappa shape index (κ2) is 8.46. The Bertz CT molecular complexity index is 1430. The molecule has 0 aliphatic rings. The predicted octanol–water partition coefficient (Wildman–Crippen LogP) is 4.92. The molecule has 164 valence electrons. The van der Waals surface area contributed by atoms with Gasteiger partial charge in [-0.1, -0.05) is 29.3 Å². The van der Waals surface area contributed by atoms with E-state index in [2.05, 4.69) is 4.98 Å². The van der Waals surface area contributed by atoms with Gasteiger partial charge in [0, 0.05) is 27.8 Å². The molecular weight excluding hydrogens is 473 g/mol. The number of carbonyl (C=O) groups is 1. The Morgan fingerprint density at radius 3 is 2.47 bits per heavy atom. The number of hydrogen-bond acceptors (Lipinski definition) is 4. The molecule has 10 heteroatoms. The van der Waals surface area contributed by atoms with E-state index >= 15 is 0 Å². The minimum absolute atomic E-state index is 0.129. The van der Waals surface area contributed by atoms with Crippen LogP contribution in [-0.4, -0.2) is 35.6 Å². The number of fused-ring (bicyclic) bond motifs is 1. The molecule has 0 bridgehead atoms. The van der Waals surface area contributed by atoms with Crippen molar-refractivity contribution in [2.75, 3.05) is 10.8 Å². The third kappa shape index (κ3) is 4.17. The molecule has 0 atom stereocenters. The van der Waals surface area contributed by atoms with Gasteiger partial charge in [0.25, 0.3) is 10.0 Å². The third-order valence-corrected chi connectivity index (χ3v) is 7.06. The number of sulfonamides is 1. The number of rotatable bonds is 6. The Labute approximate surface area is 194 Å². The highest BCUT2D eigenvalue weighted by Crippen LogP contribution is 2.31. The fourth-order valence-corrected chi connectivity index (χ4v) is 5.58. The van der Waals surface area contributed by atoms with E-state index < -0.39 is 22.5 Å². The molecule has 0 aliphatic heterocycles. The maximum atomic E-state index is 13.3. The number of hydrogen-bond donors (Lipinski definition) is 1. The summed E-state index contributed by atoms with van der Waals surface area (Å²) in [5.41, 5.74) is 1.97. The van der Waals surface area contributed by atoms with Gasteiger partial charge in [0.2, 0.25) is 0 Å². The Morgan fingerprint density at radius 2 is 1.81 bits per heavy atom. The average Bonchev–Trinajstić information content (AvgIpc) is 3.14. The van der Waals surface area contributed by atoms with Crippen LogP contribution in [0.1, 0.15) is 5.56 Å². The highest BCUT2D eigenvalue weighted by molar-refractivity contribution is 7.92. The van der Waals surface area contributed by atoms with E-state index in [0.29, 0.717) is 0 Å². The zero-order valence-corrected chi connectivity index (χ0v) is 19.1. The van der Waals surface area contributed by atoms with Crippen molar-refractivity contribution in [2.45, 2.75) is 11.8 Å². The molecule has 0 unspecified atom stereocenters. The number of carboxylic acid groups (broad SMARTS) is 1. The van der Waals surface area contributed by atoms with Crippen molar-refractivity contribution in [1.29, 1.82) is 0 Å². The first-order valence-electron chi connectivity index (χ1n) is 9.40. The lowest BCUT2D eigenvalue weighted by Gasteiger charge is -2.23. The summed E-state index contributed by atoms with van der Waals surface area (Å²) >= 11 is 11.9. The van der Waals surface area contributed by atoms with Gasteiger partial charge in [-0.3, -0.25) is 9.10 Å². The number of aromatic nitrogens is 2. The first-order chi connectivity index (χ1) is 15.2. The molecule has 0 saturated carbocycles. The second-order valence-electron chi connectivity index (χ2n) is 7.08. The van der Waals surface area contributed by atoms with Gasteiger partial charge in [-0.2, -0.15) is 0 Å². The normalized spacial score (nSPS) is 11.6. The van der Waals surface area contributed by atoms with E-state index in [4.69, 9.17) is 23.2 Å². The fraction of sp³-hybridized carbons (Fsp3) is 0.0909. The quantitative estimate of drug-likeness (QED) is 0.414. The summed E-state index contributed by atoms with van der Waals surface area (Å²) in [6.45, 7) is 1.18. The summed E-state index contributed by atoms with van der Waals surface area (Å²) in [5.74, 6) is -0.553. The lowest BCUT2D eigenvalue weighted by atomic mass is 10.2. The zero-order chi connectivity index (χ0) is 23.0. The molecule has 7 nitrogen and oxygen atoms in total. The smallest absolute Gasteiger partial charge is 0.324 e. The molecule has 0 saturated heterocycles. The van der Waals surface area contributed by atoms with Gasteiger partial charge in [0.05, 0.1) is 16.1 Å². The number of anilines is 1. The maximum absolute atomic E-state index is 13.3. The summed E-state index contributed by atoms with van der Waals surface area (Å²) in [7, 11) is -4.25. The van der Waals surface area contributed by atoms with Gasteiger partial charge >= 0.3 is 5.97 Å². The van der Waals surface area contributed by atoms with Gasteiger partial charge in [0.1, 0.15) is 12.4 Å². The van der Waals surface area contributed by atoms with Crippen LogP contribution in [0.2, 0.25) is 10.0 Å². The first kappa shape index (κ1) is 22.1. The van der Waals surface area contributed by atoms with Crippen LogP contribution in [0.5, 0.6) is 0 Å². The van der Waals surface area contributed by atoms with Crippen LogP contribution >= 0.6 is 23.2 Å².